The second-order valence-electron chi connectivity index (χ2n) is 3.58. The SMILES string of the molecule is Nn1cc(Cc2nn[nH]n2)c2ccccc21. The summed E-state index contributed by atoms with van der Waals surface area (Å²) in [6.45, 7) is 0. The molecule has 3 aromatic rings. The molecule has 0 bridgehead atoms. The number of fused-ring (bicyclic) bond motifs is 1. The van der Waals surface area contributed by atoms with Crippen molar-refractivity contribution in [3.05, 3.63) is 41.9 Å². The first-order valence-electron chi connectivity index (χ1n) is 4.91. The van der Waals surface area contributed by atoms with Crippen LogP contribution in [0, 0.1) is 0 Å². The molecule has 16 heavy (non-hydrogen) atoms. The number of H-pyrrole nitrogens is 1. The Morgan fingerprint density at radius 3 is 3.00 bits per heavy atom. The maximum absolute atomic E-state index is 5.86. The van der Waals surface area contributed by atoms with E-state index in [1.807, 2.05) is 30.5 Å². The van der Waals surface area contributed by atoms with Gasteiger partial charge < -0.3 is 5.84 Å². The maximum atomic E-state index is 5.86. The Morgan fingerprint density at radius 2 is 2.19 bits per heavy atom. The zero-order valence-electron chi connectivity index (χ0n) is 8.46. The van der Waals surface area contributed by atoms with Crippen molar-refractivity contribution in [3.8, 4) is 0 Å². The Bertz CT molecular complexity index is 609. The van der Waals surface area contributed by atoms with Crippen molar-refractivity contribution in [2.75, 3.05) is 5.84 Å². The number of nitrogens with two attached hydrogens (primary N) is 1. The molecule has 0 saturated carbocycles. The van der Waals surface area contributed by atoms with Gasteiger partial charge in [0.15, 0.2) is 5.82 Å². The third-order valence-electron chi connectivity index (χ3n) is 2.56. The molecule has 0 atom stereocenters. The largest absolute Gasteiger partial charge is 0.339 e. The molecule has 0 spiro atoms. The van der Waals surface area contributed by atoms with Crippen LogP contribution in [0.1, 0.15) is 11.4 Å². The molecule has 0 radical (unpaired) electrons. The van der Waals surface area contributed by atoms with Crippen molar-refractivity contribution in [1.29, 1.82) is 0 Å². The van der Waals surface area contributed by atoms with Crippen molar-refractivity contribution in [1.82, 2.24) is 25.3 Å². The van der Waals surface area contributed by atoms with Gasteiger partial charge in [-0.3, -0.25) is 4.68 Å². The average molecular weight is 214 g/mol. The van der Waals surface area contributed by atoms with E-state index in [-0.39, 0.29) is 0 Å². The van der Waals surface area contributed by atoms with Crippen LogP contribution in [0.2, 0.25) is 0 Å². The number of nitrogens with one attached hydrogen (secondary N) is 1. The molecule has 0 aliphatic heterocycles. The number of benzene rings is 1. The van der Waals surface area contributed by atoms with Crippen LogP contribution in [0.25, 0.3) is 10.9 Å². The minimum Gasteiger partial charge on any atom is -0.339 e. The van der Waals surface area contributed by atoms with E-state index < -0.39 is 0 Å². The van der Waals surface area contributed by atoms with Gasteiger partial charge in [-0.2, -0.15) is 5.21 Å². The third kappa shape index (κ3) is 1.31. The number of tetrazole rings is 1. The topological polar surface area (TPSA) is 85.4 Å². The molecule has 1 aromatic carbocycles. The summed E-state index contributed by atoms with van der Waals surface area (Å²) >= 11 is 0. The van der Waals surface area contributed by atoms with Crippen LogP contribution >= 0.6 is 0 Å². The number of hydrogen-bond donors (Lipinski definition) is 2. The molecule has 3 rings (SSSR count). The van der Waals surface area contributed by atoms with Gasteiger partial charge in [-0.15, -0.1) is 10.2 Å². The monoisotopic (exact) mass is 214 g/mol. The van der Waals surface area contributed by atoms with Crippen LogP contribution in [0.5, 0.6) is 0 Å². The number of aromatic amines is 1. The molecule has 0 aliphatic rings. The predicted octanol–water partition coefficient (Wildman–Crippen LogP) is 0.459. The smallest absolute Gasteiger partial charge is 0.178 e. The number of para-hydroxylation sites is 1. The predicted molar refractivity (Wildman–Crippen MR) is 59.1 cm³/mol. The Balaban J connectivity index is 2.10. The molecule has 0 amide bonds. The first-order valence-corrected chi connectivity index (χ1v) is 4.91. The summed E-state index contributed by atoms with van der Waals surface area (Å²) < 4.78 is 1.62. The molecule has 6 nitrogen and oxygen atoms in total. The normalized spacial score (nSPS) is 11.0. The molecule has 0 aliphatic carbocycles. The lowest BCUT2D eigenvalue weighted by molar-refractivity contribution is 0.881. The van der Waals surface area contributed by atoms with Crippen molar-refractivity contribution < 1.29 is 0 Å². The number of aromatic nitrogens is 5. The highest BCUT2D eigenvalue weighted by molar-refractivity contribution is 5.84. The third-order valence-corrected chi connectivity index (χ3v) is 2.56. The van der Waals surface area contributed by atoms with Gasteiger partial charge in [0.05, 0.1) is 5.52 Å². The van der Waals surface area contributed by atoms with Gasteiger partial charge in [-0.1, -0.05) is 23.4 Å². The second kappa shape index (κ2) is 3.34. The van der Waals surface area contributed by atoms with Crippen LogP contribution < -0.4 is 5.84 Å². The lowest BCUT2D eigenvalue weighted by Gasteiger charge is -1.94. The lowest BCUT2D eigenvalue weighted by Crippen LogP contribution is -2.04. The van der Waals surface area contributed by atoms with E-state index >= 15 is 0 Å². The number of nitrogen functional groups attached to an aromatic ring is 1. The summed E-state index contributed by atoms with van der Waals surface area (Å²) in [5, 5.41) is 14.9. The fourth-order valence-electron chi connectivity index (χ4n) is 1.85. The highest BCUT2D eigenvalue weighted by atomic mass is 15.5. The Kier molecular flexibility index (Phi) is 1.86. The average Bonchev–Trinajstić information content (AvgIpc) is 2.90. The Hall–Kier alpha value is -2.37. The molecule has 3 N–H and O–H groups in total. The number of nitrogens with zero attached hydrogens (tertiary/aromatic N) is 4. The highest BCUT2D eigenvalue weighted by Gasteiger charge is 2.08. The van der Waals surface area contributed by atoms with Crippen LogP contribution in [0.3, 0.4) is 0 Å². The standard InChI is InChI=1S/C10H10N6/c11-16-6-7(5-10-12-14-15-13-10)8-3-1-2-4-9(8)16/h1-4,6H,5,11H2,(H,12,13,14,15). The minimum atomic E-state index is 0.626. The van der Waals surface area contributed by atoms with E-state index in [9.17, 15) is 0 Å². The zero-order chi connectivity index (χ0) is 11.0. The van der Waals surface area contributed by atoms with Crippen molar-refractivity contribution in [3.63, 3.8) is 0 Å². The molecule has 0 unspecified atom stereocenters. The summed E-state index contributed by atoms with van der Waals surface area (Å²) in [5.74, 6) is 6.52. The minimum absolute atomic E-state index is 0.626. The van der Waals surface area contributed by atoms with Gasteiger partial charge in [0.25, 0.3) is 0 Å². The van der Waals surface area contributed by atoms with Gasteiger partial charge in [0.1, 0.15) is 0 Å². The molecular formula is C10H10N6. The molecule has 80 valence electrons. The summed E-state index contributed by atoms with van der Waals surface area (Å²) in [6.07, 6.45) is 2.52. The Labute approximate surface area is 91.0 Å². The quantitative estimate of drug-likeness (QED) is 0.607. The van der Waals surface area contributed by atoms with Crippen molar-refractivity contribution in [2.45, 2.75) is 6.42 Å². The fraction of sp³-hybridized carbons (Fsp3) is 0.100. The van der Waals surface area contributed by atoms with E-state index in [1.165, 1.54) is 0 Å². The van der Waals surface area contributed by atoms with E-state index in [1.54, 1.807) is 4.68 Å². The molecule has 2 heterocycles. The van der Waals surface area contributed by atoms with Crippen LogP contribution in [-0.2, 0) is 6.42 Å². The van der Waals surface area contributed by atoms with E-state index in [0.717, 1.165) is 16.5 Å². The number of hydrogen-bond acceptors (Lipinski definition) is 4. The second-order valence-corrected chi connectivity index (χ2v) is 3.58. The van der Waals surface area contributed by atoms with Gasteiger partial charge in [0.2, 0.25) is 0 Å². The fourth-order valence-corrected chi connectivity index (χ4v) is 1.85. The Morgan fingerprint density at radius 1 is 1.31 bits per heavy atom. The first-order chi connectivity index (χ1) is 7.84. The molecule has 0 saturated heterocycles. The van der Waals surface area contributed by atoms with Gasteiger partial charge >= 0.3 is 0 Å². The van der Waals surface area contributed by atoms with E-state index in [0.29, 0.717) is 12.2 Å². The van der Waals surface area contributed by atoms with E-state index in [4.69, 9.17) is 5.84 Å². The summed E-state index contributed by atoms with van der Waals surface area (Å²) in [4.78, 5) is 0. The molecular weight excluding hydrogens is 204 g/mol. The molecule has 2 aromatic heterocycles. The van der Waals surface area contributed by atoms with Crippen LogP contribution in [-0.4, -0.2) is 25.3 Å². The zero-order valence-corrected chi connectivity index (χ0v) is 8.46. The van der Waals surface area contributed by atoms with Crippen molar-refractivity contribution >= 4 is 10.9 Å². The van der Waals surface area contributed by atoms with Gasteiger partial charge in [0, 0.05) is 18.0 Å². The molecule has 0 fully saturated rings. The van der Waals surface area contributed by atoms with Crippen LogP contribution in [0.4, 0.5) is 0 Å². The van der Waals surface area contributed by atoms with Gasteiger partial charge in [-0.05, 0) is 11.6 Å². The van der Waals surface area contributed by atoms with Crippen molar-refractivity contribution in [2.24, 2.45) is 0 Å². The van der Waals surface area contributed by atoms with Crippen LogP contribution in [0.15, 0.2) is 30.5 Å². The van der Waals surface area contributed by atoms with E-state index in [2.05, 4.69) is 20.6 Å². The summed E-state index contributed by atoms with van der Waals surface area (Å²) in [6, 6.07) is 7.97. The summed E-state index contributed by atoms with van der Waals surface area (Å²) in [7, 11) is 0. The maximum Gasteiger partial charge on any atom is 0.178 e. The first kappa shape index (κ1) is 8.90. The lowest BCUT2D eigenvalue weighted by atomic mass is 10.1. The summed E-state index contributed by atoms with van der Waals surface area (Å²) in [5.41, 5.74) is 2.10. The molecule has 6 heteroatoms. The number of rotatable bonds is 2. The highest BCUT2D eigenvalue weighted by Crippen LogP contribution is 2.20. The van der Waals surface area contributed by atoms with Gasteiger partial charge in [-0.25, -0.2) is 0 Å².